The van der Waals surface area contributed by atoms with Gasteiger partial charge in [0, 0.05) is 74.7 Å². The summed E-state index contributed by atoms with van der Waals surface area (Å²) in [5.41, 5.74) is 10.3. The second-order valence-electron chi connectivity index (χ2n) is 14.0. The molecule has 0 radical (unpaired) electrons. The van der Waals surface area contributed by atoms with E-state index in [0.717, 1.165) is 61.2 Å². The molecule has 0 amide bonds. The average molecular weight is 809 g/mol. The number of nitrogens with one attached hydrogen (secondary N) is 4. The Bertz CT molecular complexity index is 2260. The van der Waals surface area contributed by atoms with Crippen LogP contribution in [0.25, 0.3) is 0 Å². The summed E-state index contributed by atoms with van der Waals surface area (Å²) in [6.07, 6.45) is 14.1. The van der Waals surface area contributed by atoms with Crippen molar-refractivity contribution in [1.82, 2.24) is 39.9 Å². The molecule has 4 aromatic heterocycles. The molecule has 0 atom stereocenters. The Morgan fingerprint density at radius 3 is 1.28 bits per heavy atom. The molecular weight excluding hydrogens is 752 g/mol. The fourth-order valence-electron chi connectivity index (χ4n) is 6.22. The van der Waals surface area contributed by atoms with Crippen molar-refractivity contribution in [3.63, 3.8) is 0 Å². The molecule has 312 valence electrons. The quantitative estimate of drug-likeness (QED) is 0.0856. The van der Waals surface area contributed by atoms with E-state index in [1.165, 1.54) is 34.8 Å². The topological polar surface area (TPSA) is 128 Å². The molecule has 60 heavy (non-hydrogen) atoms. The van der Waals surface area contributed by atoms with Gasteiger partial charge < -0.3 is 39.5 Å². The summed E-state index contributed by atoms with van der Waals surface area (Å²) in [5.74, 6) is -0.219. The van der Waals surface area contributed by atoms with Crippen LogP contribution in [0.3, 0.4) is 0 Å². The van der Waals surface area contributed by atoms with Crippen LogP contribution in [-0.2, 0) is 26.2 Å². The summed E-state index contributed by atoms with van der Waals surface area (Å²) in [6, 6.07) is 35.8. The van der Waals surface area contributed by atoms with Gasteiger partial charge in [-0.25, -0.2) is 24.3 Å². The van der Waals surface area contributed by atoms with Crippen LogP contribution in [0, 0.1) is 12.7 Å². The minimum atomic E-state index is -0.219. The third-order valence-corrected chi connectivity index (χ3v) is 9.45. The lowest BCUT2D eigenvalue weighted by molar-refractivity contribution is 0.627. The van der Waals surface area contributed by atoms with Gasteiger partial charge in [-0.1, -0.05) is 54.6 Å². The molecule has 0 aliphatic carbocycles. The number of aryl methyl sites for hydroxylation is 1. The molecule has 4 heterocycles. The number of imidazole rings is 4. The van der Waals surface area contributed by atoms with Crippen molar-refractivity contribution in [2.45, 2.75) is 47.0 Å². The third-order valence-electron chi connectivity index (χ3n) is 9.45. The first-order valence-electron chi connectivity index (χ1n) is 20.0. The zero-order valence-corrected chi connectivity index (χ0v) is 35.2. The molecule has 13 heteroatoms. The van der Waals surface area contributed by atoms with Gasteiger partial charge in [-0.3, -0.25) is 0 Å². The minimum absolute atomic E-state index is 0.219. The average Bonchev–Trinajstić information content (AvgIpc) is 4.14. The van der Waals surface area contributed by atoms with Gasteiger partial charge in [-0.2, -0.15) is 0 Å². The zero-order valence-electron chi connectivity index (χ0n) is 35.2. The molecule has 0 aliphatic rings. The Morgan fingerprint density at radius 2 is 0.850 bits per heavy atom. The second kappa shape index (κ2) is 23.9. The first kappa shape index (κ1) is 44.0. The van der Waals surface area contributed by atoms with Crippen molar-refractivity contribution in [2.24, 2.45) is 0 Å². The van der Waals surface area contributed by atoms with Gasteiger partial charge in [0.1, 0.15) is 5.82 Å². The summed E-state index contributed by atoms with van der Waals surface area (Å²) in [5, 5.41) is 0. The molecule has 0 saturated heterocycles. The van der Waals surface area contributed by atoms with Crippen LogP contribution < -0.4 is 19.6 Å². The van der Waals surface area contributed by atoms with Crippen LogP contribution >= 0.6 is 0 Å². The number of aromatic amines is 4. The van der Waals surface area contributed by atoms with E-state index < -0.39 is 0 Å². The number of H-pyrrole nitrogens is 4. The predicted octanol–water partition coefficient (Wildman–Crippen LogP) is 9.41. The molecule has 0 fully saturated rings. The highest BCUT2D eigenvalue weighted by molar-refractivity contribution is 5.49. The molecule has 0 spiro atoms. The second-order valence-corrected chi connectivity index (χ2v) is 14.0. The van der Waals surface area contributed by atoms with E-state index >= 15 is 0 Å². The predicted molar refractivity (Wildman–Crippen MR) is 242 cm³/mol. The van der Waals surface area contributed by atoms with E-state index in [0.29, 0.717) is 6.54 Å². The zero-order chi connectivity index (χ0) is 42.4. The van der Waals surface area contributed by atoms with Crippen LogP contribution in [0.1, 0.15) is 42.2 Å². The van der Waals surface area contributed by atoms with E-state index in [9.17, 15) is 4.39 Å². The smallest absolute Gasteiger partial charge is 0.125 e. The SMILES string of the molecule is CCN(Cc1cnc[nH]1)c1cccc(C)c1.CCN(Cc1cnc[nH]1)c1ccccc1.CN(Cc1cnc[nH]1)c1cccc(F)c1.CN(Cc1cnc[nH]1)c1ccccc1. The fraction of sp³-hybridized carbons (Fsp3) is 0.234. The lowest BCUT2D eigenvalue weighted by Gasteiger charge is -2.22. The Balaban J connectivity index is 0.000000152. The highest BCUT2D eigenvalue weighted by Gasteiger charge is 2.07. The Kier molecular flexibility index (Phi) is 17.5. The molecule has 0 aliphatic heterocycles. The Labute approximate surface area is 353 Å². The molecule has 8 aromatic rings. The molecule has 4 aromatic carbocycles. The van der Waals surface area contributed by atoms with E-state index in [-0.39, 0.29) is 5.82 Å². The maximum Gasteiger partial charge on any atom is 0.125 e. The maximum atomic E-state index is 13.0. The van der Waals surface area contributed by atoms with Gasteiger partial charge in [0.15, 0.2) is 0 Å². The summed E-state index contributed by atoms with van der Waals surface area (Å²) in [7, 11) is 3.98. The van der Waals surface area contributed by atoms with Gasteiger partial charge in [0.05, 0.1) is 74.3 Å². The Hall–Kier alpha value is -7.15. The first-order chi connectivity index (χ1) is 29.3. The normalized spacial score (nSPS) is 10.2. The fourth-order valence-corrected chi connectivity index (χ4v) is 6.22. The van der Waals surface area contributed by atoms with Crippen LogP contribution in [-0.4, -0.2) is 67.1 Å². The number of hydrogen-bond acceptors (Lipinski definition) is 8. The minimum Gasteiger partial charge on any atom is -0.369 e. The van der Waals surface area contributed by atoms with E-state index in [4.69, 9.17) is 0 Å². The number of halogens is 1. The van der Waals surface area contributed by atoms with Crippen molar-refractivity contribution in [3.8, 4) is 0 Å². The summed E-state index contributed by atoms with van der Waals surface area (Å²) >= 11 is 0. The lowest BCUT2D eigenvalue weighted by Crippen LogP contribution is -2.22. The van der Waals surface area contributed by atoms with Gasteiger partial charge in [0.2, 0.25) is 0 Å². The van der Waals surface area contributed by atoms with Gasteiger partial charge in [-0.05, 0) is 80.9 Å². The van der Waals surface area contributed by atoms with Crippen molar-refractivity contribution in [1.29, 1.82) is 0 Å². The molecule has 8 rings (SSSR count). The highest BCUT2D eigenvalue weighted by Crippen LogP contribution is 2.19. The summed E-state index contributed by atoms with van der Waals surface area (Å²) < 4.78 is 13.0. The maximum absolute atomic E-state index is 13.0. The summed E-state index contributed by atoms with van der Waals surface area (Å²) in [4.78, 5) is 37.1. The number of anilines is 4. The Morgan fingerprint density at radius 1 is 0.450 bits per heavy atom. The van der Waals surface area contributed by atoms with Crippen LogP contribution in [0.2, 0.25) is 0 Å². The number of hydrogen-bond donors (Lipinski definition) is 4. The van der Waals surface area contributed by atoms with Gasteiger partial charge in [-0.15, -0.1) is 0 Å². The molecule has 12 nitrogen and oxygen atoms in total. The number of aromatic nitrogens is 8. The van der Waals surface area contributed by atoms with Gasteiger partial charge >= 0.3 is 0 Å². The monoisotopic (exact) mass is 808 g/mol. The van der Waals surface area contributed by atoms with Crippen LogP contribution in [0.15, 0.2) is 159 Å². The molecule has 4 N–H and O–H groups in total. The number of benzene rings is 4. The largest absolute Gasteiger partial charge is 0.369 e. The van der Waals surface area contributed by atoms with Crippen molar-refractivity contribution in [3.05, 3.63) is 193 Å². The molecule has 0 saturated carbocycles. The molecule has 0 unspecified atom stereocenters. The number of nitrogens with zero attached hydrogens (tertiary/aromatic N) is 8. The van der Waals surface area contributed by atoms with Crippen molar-refractivity contribution >= 4 is 22.7 Å². The third kappa shape index (κ3) is 14.7. The molecular formula is C47H57FN12. The molecule has 0 bridgehead atoms. The van der Waals surface area contributed by atoms with Crippen molar-refractivity contribution < 1.29 is 4.39 Å². The number of rotatable bonds is 14. The van der Waals surface area contributed by atoms with Gasteiger partial charge in [0.25, 0.3) is 0 Å². The van der Waals surface area contributed by atoms with E-state index in [2.05, 4.69) is 143 Å². The van der Waals surface area contributed by atoms with Crippen LogP contribution in [0.4, 0.5) is 27.1 Å². The van der Waals surface area contributed by atoms with Crippen molar-refractivity contribution in [2.75, 3.05) is 46.8 Å². The standard InChI is InChI=1S/C13H17N3.C12H15N3.C11H12FN3.C11H13N3/c1-3-16(9-12-8-14-10-15-12)13-6-4-5-11(2)7-13;1-2-15(9-11-8-13-10-14-11)12-6-4-3-5-7-12;1-15(7-10-6-13-8-14-10)11-4-2-3-9(12)5-11;1-14(8-10-7-12-9-13-10)11-5-3-2-4-6-11/h4-8,10H,3,9H2,1-2H3,(H,14,15);3-8,10H,2,9H2,1H3,(H,13,14);2-6,8H,7H2,1H3,(H,13,14);2-7,9H,8H2,1H3,(H,12,13). The van der Waals surface area contributed by atoms with E-state index in [1.807, 2.05) is 60.9 Å². The lowest BCUT2D eigenvalue weighted by atomic mass is 10.2. The highest BCUT2D eigenvalue weighted by atomic mass is 19.1. The first-order valence-corrected chi connectivity index (χ1v) is 20.0. The van der Waals surface area contributed by atoms with E-state index in [1.54, 1.807) is 37.6 Å². The summed E-state index contributed by atoms with van der Waals surface area (Å²) in [6.45, 7) is 11.7. The number of para-hydroxylation sites is 2. The van der Waals surface area contributed by atoms with Crippen LogP contribution in [0.5, 0.6) is 0 Å².